The van der Waals surface area contributed by atoms with E-state index in [0.29, 0.717) is 23.4 Å². The van der Waals surface area contributed by atoms with E-state index in [-0.39, 0.29) is 17.8 Å². The number of nitrogens with zero attached hydrogens (tertiary/aromatic N) is 2. The topological polar surface area (TPSA) is 56.6 Å². The first kappa shape index (κ1) is 19.4. The number of benzene rings is 1. The van der Waals surface area contributed by atoms with Crippen LogP contribution in [-0.2, 0) is 6.42 Å². The van der Waals surface area contributed by atoms with Crippen LogP contribution in [0, 0.1) is 11.7 Å². The Morgan fingerprint density at radius 2 is 2.03 bits per heavy atom. The monoisotopic (exact) mass is 416 g/mol. The summed E-state index contributed by atoms with van der Waals surface area (Å²) in [7, 11) is 0. The molecule has 4 nitrogen and oxygen atoms in total. The molecule has 6 heteroatoms. The lowest BCUT2D eigenvalue weighted by atomic mass is 9.80. The molecule has 29 heavy (non-hydrogen) atoms. The van der Waals surface area contributed by atoms with E-state index < -0.39 is 12.2 Å². The van der Waals surface area contributed by atoms with Gasteiger partial charge >= 0.3 is 0 Å². The smallest absolute Gasteiger partial charge is 0.124 e. The Bertz CT molecular complexity index is 910. The third kappa shape index (κ3) is 3.48. The van der Waals surface area contributed by atoms with Crippen molar-refractivity contribution in [2.24, 2.45) is 5.92 Å². The van der Waals surface area contributed by atoms with Crippen LogP contribution in [0.5, 0.6) is 0 Å². The lowest BCUT2D eigenvalue weighted by Crippen LogP contribution is -2.52. The van der Waals surface area contributed by atoms with E-state index in [2.05, 4.69) is 16.0 Å². The van der Waals surface area contributed by atoms with Crippen LogP contribution in [0.4, 0.5) is 4.39 Å². The molecule has 1 aliphatic carbocycles. The Kier molecular flexibility index (Phi) is 5.11. The molecule has 1 aromatic heterocycles. The summed E-state index contributed by atoms with van der Waals surface area (Å²) in [4.78, 5) is 6.81. The summed E-state index contributed by atoms with van der Waals surface area (Å²) in [6.45, 7) is 0.877. The highest BCUT2D eigenvalue weighted by Crippen LogP contribution is 2.46. The number of aliphatic hydroxyl groups excluding tert-OH is 2. The number of fused-ring (bicyclic) bond motifs is 3. The van der Waals surface area contributed by atoms with Gasteiger partial charge in [0, 0.05) is 35.8 Å². The molecule has 3 aliphatic rings. The van der Waals surface area contributed by atoms with Crippen molar-refractivity contribution < 1.29 is 14.6 Å². The molecule has 0 saturated carbocycles. The van der Waals surface area contributed by atoms with Gasteiger partial charge in [0.15, 0.2) is 0 Å². The van der Waals surface area contributed by atoms with Gasteiger partial charge in [0.2, 0.25) is 0 Å². The third-order valence-corrected chi connectivity index (χ3v) is 7.49. The zero-order valence-electron chi connectivity index (χ0n) is 16.2. The van der Waals surface area contributed by atoms with Crippen molar-refractivity contribution >= 4 is 11.6 Å². The Labute approximate surface area is 175 Å². The Balaban J connectivity index is 1.33. The van der Waals surface area contributed by atoms with E-state index in [4.69, 9.17) is 11.6 Å². The van der Waals surface area contributed by atoms with Crippen molar-refractivity contribution in [1.82, 2.24) is 9.88 Å². The van der Waals surface area contributed by atoms with Crippen LogP contribution in [-0.4, -0.2) is 44.8 Å². The number of aromatic nitrogens is 1. The molecule has 2 saturated heterocycles. The van der Waals surface area contributed by atoms with Crippen LogP contribution in [0.2, 0.25) is 5.02 Å². The Hall–Kier alpha value is -1.53. The standard InChI is InChI=1S/C23H26ClFN2O2/c24-19-10-15(25)3-5-17(19)18-11-16-4-6-20(23(18)29)27(16)12-13-8-14-2-1-7-26-22(14)21(28)9-13/h1-3,5,7,10,13,16,18,20-21,23,28-29H,4,6,8-9,11-12H2/t13-,16?,18?,20?,21+,23?/m1/s1. The fraction of sp³-hybridized carbons (Fsp3) is 0.522. The van der Waals surface area contributed by atoms with Gasteiger partial charge in [-0.3, -0.25) is 9.88 Å². The lowest BCUT2D eigenvalue weighted by Gasteiger charge is -2.45. The maximum absolute atomic E-state index is 13.5. The van der Waals surface area contributed by atoms with Crippen LogP contribution in [0.3, 0.4) is 0 Å². The minimum absolute atomic E-state index is 0.0567. The molecule has 1 aromatic carbocycles. The third-order valence-electron chi connectivity index (χ3n) is 7.16. The van der Waals surface area contributed by atoms with Gasteiger partial charge < -0.3 is 10.2 Å². The Morgan fingerprint density at radius 1 is 1.17 bits per heavy atom. The van der Waals surface area contributed by atoms with Crippen LogP contribution < -0.4 is 0 Å². The largest absolute Gasteiger partial charge is 0.391 e. The van der Waals surface area contributed by atoms with Gasteiger partial charge in [-0.15, -0.1) is 0 Å². The van der Waals surface area contributed by atoms with E-state index in [1.165, 1.54) is 12.1 Å². The molecule has 3 heterocycles. The van der Waals surface area contributed by atoms with Crippen LogP contribution in [0.25, 0.3) is 0 Å². The number of halogens is 2. The maximum atomic E-state index is 13.5. The summed E-state index contributed by atoms with van der Waals surface area (Å²) in [5, 5.41) is 22.1. The summed E-state index contributed by atoms with van der Waals surface area (Å²) in [6.07, 6.45) is 5.20. The van der Waals surface area contributed by atoms with E-state index in [1.807, 2.05) is 6.07 Å². The molecule has 5 rings (SSSR count). The molecule has 2 N–H and O–H groups in total. The number of hydrogen-bond acceptors (Lipinski definition) is 4. The van der Waals surface area contributed by atoms with Crippen molar-refractivity contribution in [3.05, 3.63) is 64.2 Å². The van der Waals surface area contributed by atoms with E-state index in [0.717, 1.165) is 49.0 Å². The van der Waals surface area contributed by atoms with Crippen molar-refractivity contribution in [1.29, 1.82) is 0 Å². The van der Waals surface area contributed by atoms with Gasteiger partial charge in [-0.1, -0.05) is 23.7 Å². The molecule has 0 amide bonds. The number of rotatable bonds is 3. The van der Waals surface area contributed by atoms with Crippen LogP contribution >= 0.6 is 11.6 Å². The normalized spacial score (nSPS) is 34.2. The number of aliphatic hydroxyl groups is 2. The second-order valence-corrected chi connectivity index (χ2v) is 9.27. The molecular formula is C23H26ClFN2O2. The lowest BCUT2D eigenvalue weighted by molar-refractivity contribution is -0.0150. The number of piperidine rings is 1. The molecule has 2 fully saturated rings. The van der Waals surface area contributed by atoms with Gasteiger partial charge in [-0.25, -0.2) is 4.39 Å². The SMILES string of the molecule is OC1C(c2ccc(F)cc2Cl)CC2CCC1N2C[C@@H]1Cc2cccnc2[C@@H](O)C1. The predicted molar refractivity (Wildman–Crippen MR) is 109 cm³/mol. The number of hydrogen-bond donors (Lipinski definition) is 2. The van der Waals surface area contributed by atoms with Gasteiger partial charge in [-0.05, 0) is 67.3 Å². The average Bonchev–Trinajstić information content (AvgIpc) is 2.99. The van der Waals surface area contributed by atoms with Gasteiger partial charge in [0.05, 0.1) is 17.9 Å². The molecule has 0 radical (unpaired) electrons. The molecule has 6 atom stereocenters. The second kappa shape index (κ2) is 7.62. The van der Waals surface area contributed by atoms with Crippen LogP contribution in [0.15, 0.2) is 36.5 Å². The first-order valence-corrected chi connectivity index (χ1v) is 10.9. The van der Waals surface area contributed by atoms with Crippen molar-refractivity contribution in [3.63, 3.8) is 0 Å². The van der Waals surface area contributed by atoms with Crippen molar-refractivity contribution in [3.8, 4) is 0 Å². The maximum Gasteiger partial charge on any atom is 0.124 e. The zero-order chi connectivity index (χ0) is 20.1. The molecule has 2 bridgehead atoms. The second-order valence-electron chi connectivity index (χ2n) is 8.86. The molecule has 2 aromatic rings. The molecule has 4 unspecified atom stereocenters. The van der Waals surface area contributed by atoms with E-state index in [1.54, 1.807) is 12.3 Å². The Morgan fingerprint density at radius 3 is 2.86 bits per heavy atom. The summed E-state index contributed by atoms with van der Waals surface area (Å²) in [5.41, 5.74) is 2.80. The summed E-state index contributed by atoms with van der Waals surface area (Å²) >= 11 is 6.30. The van der Waals surface area contributed by atoms with Gasteiger partial charge in [-0.2, -0.15) is 0 Å². The minimum Gasteiger partial charge on any atom is -0.391 e. The molecule has 0 spiro atoms. The van der Waals surface area contributed by atoms with Crippen molar-refractivity contribution in [2.45, 2.75) is 62.3 Å². The predicted octanol–water partition coefficient (Wildman–Crippen LogP) is 3.85. The van der Waals surface area contributed by atoms with E-state index in [9.17, 15) is 14.6 Å². The molecular weight excluding hydrogens is 391 g/mol. The minimum atomic E-state index is -0.515. The van der Waals surface area contributed by atoms with Gasteiger partial charge in [0.25, 0.3) is 0 Å². The van der Waals surface area contributed by atoms with Crippen molar-refractivity contribution in [2.75, 3.05) is 6.54 Å². The fourth-order valence-corrected chi connectivity index (χ4v) is 6.17. The molecule has 154 valence electrons. The van der Waals surface area contributed by atoms with Gasteiger partial charge in [0.1, 0.15) is 5.82 Å². The average molecular weight is 417 g/mol. The first-order chi connectivity index (χ1) is 14.0. The zero-order valence-corrected chi connectivity index (χ0v) is 17.0. The number of pyridine rings is 1. The summed E-state index contributed by atoms with van der Waals surface area (Å²) < 4.78 is 13.5. The highest BCUT2D eigenvalue weighted by molar-refractivity contribution is 6.31. The quantitative estimate of drug-likeness (QED) is 0.797. The van der Waals surface area contributed by atoms with Crippen LogP contribution in [0.1, 0.15) is 54.5 Å². The summed E-state index contributed by atoms with van der Waals surface area (Å²) in [6, 6.07) is 8.96. The molecule has 2 aliphatic heterocycles. The highest BCUT2D eigenvalue weighted by Gasteiger charge is 2.48. The fourth-order valence-electron chi connectivity index (χ4n) is 5.87. The first-order valence-electron chi connectivity index (χ1n) is 10.5. The summed E-state index contributed by atoms with van der Waals surface area (Å²) in [5.74, 6) is -0.0547. The highest BCUT2D eigenvalue weighted by atomic mass is 35.5. The van der Waals surface area contributed by atoms with E-state index >= 15 is 0 Å².